The SMILES string of the molecule is COc1ccc(CNC(=S)NNC(=O)C(C)Sc2ccc(Cl)cc2)cc1OC. The number of rotatable bonds is 7. The van der Waals surface area contributed by atoms with Crippen LogP contribution in [0.2, 0.25) is 5.02 Å². The molecular weight excluding hydrogens is 418 g/mol. The van der Waals surface area contributed by atoms with Crippen LogP contribution in [0.15, 0.2) is 47.4 Å². The van der Waals surface area contributed by atoms with Crippen LogP contribution in [-0.2, 0) is 11.3 Å². The molecule has 9 heteroatoms. The molecule has 0 aliphatic rings. The van der Waals surface area contributed by atoms with Crippen LogP contribution in [0.1, 0.15) is 12.5 Å². The average Bonchev–Trinajstić information content (AvgIpc) is 2.71. The summed E-state index contributed by atoms with van der Waals surface area (Å²) in [5.74, 6) is 1.11. The molecule has 1 unspecified atom stereocenters. The Morgan fingerprint density at radius 3 is 2.43 bits per heavy atom. The van der Waals surface area contributed by atoms with E-state index in [1.165, 1.54) is 11.8 Å². The smallest absolute Gasteiger partial charge is 0.251 e. The Kier molecular flexibility index (Phi) is 8.69. The number of thiocarbonyl (C=S) groups is 1. The number of hydrogen-bond donors (Lipinski definition) is 3. The molecule has 3 N–H and O–H groups in total. The fraction of sp³-hybridized carbons (Fsp3) is 0.263. The Labute approximate surface area is 179 Å². The predicted molar refractivity (Wildman–Crippen MR) is 117 cm³/mol. The maximum Gasteiger partial charge on any atom is 0.251 e. The van der Waals surface area contributed by atoms with E-state index < -0.39 is 0 Å². The van der Waals surface area contributed by atoms with E-state index in [1.807, 2.05) is 37.3 Å². The number of hydrogen-bond acceptors (Lipinski definition) is 5. The normalized spacial score (nSPS) is 11.3. The lowest BCUT2D eigenvalue weighted by atomic mass is 10.2. The standard InChI is InChI=1S/C19H22ClN3O3S2/c1-12(28-15-7-5-14(20)6-8-15)18(24)22-23-19(27)21-11-13-4-9-16(25-2)17(10-13)26-3/h4-10,12H,11H2,1-3H3,(H,22,24)(H2,21,23,27). The van der Waals surface area contributed by atoms with Gasteiger partial charge in [-0.25, -0.2) is 0 Å². The molecule has 0 bridgehead atoms. The summed E-state index contributed by atoms with van der Waals surface area (Å²) in [4.78, 5) is 13.2. The summed E-state index contributed by atoms with van der Waals surface area (Å²) >= 11 is 12.5. The molecule has 0 saturated carbocycles. The second-order valence-corrected chi connectivity index (χ2v) is 7.96. The van der Waals surface area contributed by atoms with Gasteiger partial charge in [-0.1, -0.05) is 17.7 Å². The van der Waals surface area contributed by atoms with Gasteiger partial charge in [0.15, 0.2) is 16.6 Å². The number of nitrogens with one attached hydrogen (secondary N) is 3. The van der Waals surface area contributed by atoms with Crippen molar-refractivity contribution in [2.24, 2.45) is 0 Å². The Bertz CT molecular complexity index is 819. The van der Waals surface area contributed by atoms with Crippen LogP contribution < -0.4 is 25.6 Å². The van der Waals surface area contributed by atoms with Crippen molar-refractivity contribution in [1.82, 2.24) is 16.2 Å². The van der Waals surface area contributed by atoms with Crippen LogP contribution in [0, 0.1) is 0 Å². The van der Waals surface area contributed by atoms with Crippen molar-refractivity contribution in [3.63, 3.8) is 0 Å². The average molecular weight is 440 g/mol. The van der Waals surface area contributed by atoms with Gasteiger partial charge in [-0.2, -0.15) is 0 Å². The molecule has 0 heterocycles. The zero-order chi connectivity index (χ0) is 20.5. The van der Waals surface area contributed by atoms with E-state index in [1.54, 1.807) is 26.4 Å². The van der Waals surface area contributed by atoms with Crippen molar-refractivity contribution >= 4 is 46.6 Å². The summed E-state index contributed by atoms with van der Waals surface area (Å²) in [5, 5.41) is 3.70. The number of hydrazine groups is 1. The van der Waals surface area contributed by atoms with Gasteiger partial charge >= 0.3 is 0 Å². The van der Waals surface area contributed by atoms with E-state index in [9.17, 15) is 4.79 Å². The highest BCUT2D eigenvalue weighted by molar-refractivity contribution is 8.00. The Morgan fingerprint density at radius 1 is 1.11 bits per heavy atom. The lowest BCUT2D eigenvalue weighted by Crippen LogP contribution is -2.48. The predicted octanol–water partition coefficient (Wildman–Crippen LogP) is 3.53. The number of thioether (sulfide) groups is 1. The van der Waals surface area contributed by atoms with Gasteiger partial charge in [-0.15, -0.1) is 11.8 Å². The van der Waals surface area contributed by atoms with Crippen LogP contribution in [0.4, 0.5) is 0 Å². The number of halogens is 1. The fourth-order valence-corrected chi connectivity index (χ4v) is 3.32. The van der Waals surface area contributed by atoms with E-state index >= 15 is 0 Å². The van der Waals surface area contributed by atoms with Gasteiger partial charge in [0.25, 0.3) is 5.91 Å². The second-order valence-electron chi connectivity index (χ2n) is 5.70. The lowest BCUT2D eigenvalue weighted by Gasteiger charge is -2.15. The monoisotopic (exact) mass is 439 g/mol. The molecule has 2 aromatic carbocycles. The molecule has 6 nitrogen and oxygen atoms in total. The zero-order valence-corrected chi connectivity index (χ0v) is 18.1. The molecule has 0 fully saturated rings. The first-order valence-corrected chi connectivity index (χ1v) is 10.1. The number of ether oxygens (including phenoxy) is 2. The van der Waals surface area contributed by atoms with Gasteiger partial charge < -0.3 is 14.8 Å². The Hall–Kier alpha value is -2.16. The quantitative estimate of drug-likeness (QED) is 0.346. The maximum absolute atomic E-state index is 12.2. The van der Waals surface area contributed by atoms with Crippen molar-refractivity contribution < 1.29 is 14.3 Å². The van der Waals surface area contributed by atoms with Gasteiger partial charge in [0.05, 0.1) is 19.5 Å². The van der Waals surface area contributed by atoms with Crippen LogP contribution in [0.25, 0.3) is 0 Å². The fourth-order valence-electron chi connectivity index (χ4n) is 2.21. The first-order valence-electron chi connectivity index (χ1n) is 8.39. The second kappa shape index (κ2) is 11.0. The minimum Gasteiger partial charge on any atom is -0.493 e. The minimum absolute atomic E-state index is 0.185. The number of carbonyl (C=O) groups excluding carboxylic acids is 1. The van der Waals surface area contributed by atoms with Crippen LogP contribution in [-0.4, -0.2) is 30.5 Å². The third-order valence-corrected chi connectivity index (χ3v) is 5.31. The summed E-state index contributed by atoms with van der Waals surface area (Å²) in [6, 6.07) is 12.9. The summed E-state index contributed by atoms with van der Waals surface area (Å²) in [6.07, 6.45) is 0. The maximum atomic E-state index is 12.2. The minimum atomic E-state index is -0.303. The number of benzene rings is 2. The van der Waals surface area contributed by atoms with E-state index in [0.29, 0.717) is 28.2 Å². The highest BCUT2D eigenvalue weighted by Gasteiger charge is 2.14. The van der Waals surface area contributed by atoms with E-state index in [2.05, 4.69) is 16.2 Å². The van der Waals surface area contributed by atoms with Gasteiger partial charge in [0.2, 0.25) is 0 Å². The Balaban J connectivity index is 1.77. The third kappa shape index (κ3) is 6.78. The highest BCUT2D eigenvalue weighted by atomic mass is 35.5. The van der Waals surface area contributed by atoms with Crippen LogP contribution >= 0.6 is 35.6 Å². The highest BCUT2D eigenvalue weighted by Crippen LogP contribution is 2.27. The molecule has 0 aromatic heterocycles. The van der Waals surface area contributed by atoms with Crippen LogP contribution in [0.5, 0.6) is 11.5 Å². The molecule has 1 atom stereocenters. The van der Waals surface area contributed by atoms with E-state index in [-0.39, 0.29) is 11.2 Å². The molecule has 0 spiro atoms. The molecule has 1 amide bonds. The molecule has 0 saturated heterocycles. The van der Waals surface area contributed by atoms with Gasteiger partial charge in [-0.05, 0) is 61.1 Å². The molecule has 2 rings (SSSR count). The summed E-state index contributed by atoms with van der Waals surface area (Å²) < 4.78 is 10.5. The van der Waals surface area contributed by atoms with Crippen molar-refractivity contribution in [2.45, 2.75) is 23.6 Å². The molecule has 0 radical (unpaired) electrons. The zero-order valence-electron chi connectivity index (χ0n) is 15.7. The third-order valence-electron chi connectivity index (χ3n) is 3.70. The largest absolute Gasteiger partial charge is 0.493 e. The molecule has 150 valence electrons. The molecule has 0 aliphatic heterocycles. The first kappa shape index (κ1) is 22.1. The molecule has 0 aliphatic carbocycles. The first-order chi connectivity index (χ1) is 13.4. The summed E-state index contributed by atoms with van der Waals surface area (Å²) in [5.41, 5.74) is 6.27. The lowest BCUT2D eigenvalue weighted by molar-refractivity contribution is -0.120. The van der Waals surface area contributed by atoms with E-state index in [4.69, 9.17) is 33.3 Å². The number of amides is 1. The number of methoxy groups -OCH3 is 2. The molecular formula is C19H22ClN3O3S2. The van der Waals surface area contributed by atoms with Crippen LogP contribution in [0.3, 0.4) is 0 Å². The number of carbonyl (C=O) groups is 1. The summed E-state index contributed by atoms with van der Waals surface area (Å²) in [7, 11) is 3.17. The van der Waals surface area contributed by atoms with Crippen molar-refractivity contribution in [1.29, 1.82) is 0 Å². The Morgan fingerprint density at radius 2 is 1.79 bits per heavy atom. The molecule has 2 aromatic rings. The van der Waals surface area contributed by atoms with Gasteiger partial charge in [0, 0.05) is 16.5 Å². The van der Waals surface area contributed by atoms with E-state index in [0.717, 1.165) is 10.5 Å². The van der Waals surface area contributed by atoms with Crippen molar-refractivity contribution in [3.05, 3.63) is 53.1 Å². The summed E-state index contributed by atoms with van der Waals surface area (Å²) in [6.45, 7) is 2.29. The molecule has 28 heavy (non-hydrogen) atoms. The van der Waals surface area contributed by atoms with Crippen molar-refractivity contribution in [2.75, 3.05) is 14.2 Å². The van der Waals surface area contributed by atoms with Gasteiger partial charge in [-0.3, -0.25) is 15.6 Å². The van der Waals surface area contributed by atoms with Crippen molar-refractivity contribution in [3.8, 4) is 11.5 Å². The topological polar surface area (TPSA) is 71.6 Å². The van der Waals surface area contributed by atoms with Gasteiger partial charge in [0.1, 0.15) is 0 Å².